The van der Waals surface area contributed by atoms with Crippen molar-refractivity contribution in [1.82, 2.24) is 0 Å². The van der Waals surface area contributed by atoms with E-state index < -0.39 is 17.0 Å². The summed E-state index contributed by atoms with van der Waals surface area (Å²) < 4.78 is 0. The smallest absolute Gasteiger partial charge is 0.265 e. The van der Waals surface area contributed by atoms with Gasteiger partial charge in [0.2, 0.25) is 5.76 Å². The molecular formula is C21H28O5. The zero-order chi connectivity index (χ0) is 19.0. The first-order valence-corrected chi connectivity index (χ1v) is 9.74. The molecule has 0 spiro atoms. The minimum atomic E-state index is -0.888. The fraction of sp³-hybridized carbons (Fsp3) is 0.714. The molecule has 0 bridgehead atoms. The van der Waals surface area contributed by atoms with E-state index in [-0.39, 0.29) is 34.6 Å². The normalized spacial score (nSPS) is 45.3. The third-order valence-corrected chi connectivity index (χ3v) is 8.46. The Morgan fingerprint density at radius 3 is 2.35 bits per heavy atom. The molecular weight excluding hydrogens is 332 g/mol. The molecule has 4 aliphatic carbocycles. The number of allylic oxidation sites excluding steroid dienone is 1. The molecule has 3 saturated carbocycles. The van der Waals surface area contributed by atoms with Crippen molar-refractivity contribution in [2.45, 2.75) is 59.3 Å². The number of ketones is 2. The first-order chi connectivity index (χ1) is 12.1. The summed E-state index contributed by atoms with van der Waals surface area (Å²) in [5.41, 5.74) is -0.317. The van der Waals surface area contributed by atoms with Crippen LogP contribution in [0.25, 0.3) is 0 Å². The SMILES string of the molecule is CC(=O)[C@H]1CC[C@H]2[C@@H]3CCC4=C(O)C(=O)C(O)=C(O)[C@]4(C)[C@H]3CC[C@]12C. The molecule has 5 heteroatoms. The van der Waals surface area contributed by atoms with Gasteiger partial charge in [-0.15, -0.1) is 0 Å². The van der Waals surface area contributed by atoms with Crippen molar-refractivity contribution in [3.63, 3.8) is 0 Å². The van der Waals surface area contributed by atoms with Gasteiger partial charge in [-0.05, 0) is 81.1 Å². The standard InChI is InChI=1S/C21H28O5/c1-10(22)12-6-7-13-11-4-5-15-16(23)17(24)18(25)19(26)21(15,3)14(11)8-9-20(12,13)2/h11-14,23,25-26H,4-9H2,1-3H3/t11-,12+,13-,14-,20+,21+/m0/s1. The maximum Gasteiger partial charge on any atom is 0.265 e. The number of aliphatic hydroxyl groups is 3. The molecule has 0 saturated heterocycles. The molecule has 0 amide bonds. The highest BCUT2D eigenvalue weighted by Gasteiger charge is 2.62. The van der Waals surface area contributed by atoms with Crippen LogP contribution < -0.4 is 0 Å². The summed E-state index contributed by atoms with van der Waals surface area (Å²) in [6.07, 6.45) is 5.05. The van der Waals surface area contributed by atoms with Crippen molar-refractivity contribution >= 4 is 11.6 Å². The minimum Gasteiger partial charge on any atom is -0.507 e. The second-order valence-corrected chi connectivity index (χ2v) is 9.26. The molecule has 26 heavy (non-hydrogen) atoms. The fourth-order valence-corrected chi connectivity index (χ4v) is 7.15. The molecule has 0 unspecified atom stereocenters. The molecule has 3 fully saturated rings. The Bertz CT molecular complexity index is 762. The largest absolute Gasteiger partial charge is 0.507 e. The van der Waals surface area contributed by atoms with Crippen LogP contribution in [0.15, 0.2) is 22.9 Å². The monoisotopic (exact) mass is 360 g/mol. The Kier molecular flexibility index (Phi) is 3.64. The topological polar surface area (TPSA) is 94.8 Å². The van der Waals surface area contributed by atoms with Crippen molar-refractivity contribution in [2.24, 2.45) is 34.5 Å². The third kappa shape index (κ3) is 1.92. The average Bonchev–Trinajstić information content (AvgIpc) is 2.96. The lowest BCUT2D eigenvalue weighted by molar-refractivity contribution is -0.128. The number of fused-ring (bicyclic) bond motifs is 5. The highest BCUT2D eigenvalue weighted by Crippen LogP contribution is 2.67. The van der Waals surface area contributed by atoms with Crippen LogP contribution in [0.4, 0.5) is 0 Å². The van der Waals surface area contributed by atoms with Crippen LogP contribution in [0, 0.1) is 34.5 Å². The van der Waals surface area contributed by atoms with E-state index in [9.17, 15) is 24.9 Å². The number of rotatable bonds is 1. The van der Waals surface area contributed by atoms with Crippen LogP contribution >= 0.6 is 0 Å². The van der Waals surface area contributed by atoms with E-state index in [2.05, 4.69) is 6.92 Å². The van der Waals surface area contributed by atoms with Gasteiger partial charge in [0.05, 0.1) is 5.41 Å². The van der Waals surface area contributed by atoms with Crippen molar-refractivity contribution < 1.29 is 24.9 Å². The van der Waals surface area contributed by atoms with Gasteiger partial charge in [0.25, 0.3) is 5.78 Å². The zero-order valence-corrected chi connectivity index (χ0v) is 15.7. The maximum atomic E-state index is 12.2. The van der Waals surface area contributed by atoms with Gasteiger partial charge in [-0.25, -0.2) is 0 Å². The number of hydrogen-bond donors (Lipinski definition) is 3. The van der Waals surface area contributed by atoms with Crippen LogP contribution in [0.1, 0.15) is 59.3 Å². The van der Waals surface area contributed by atoms with Crippen LogP contribution in [0.2, 0.25) is 0 Å². The van der Waals surface area contributed by atoms with E-state index >= 15 is 0 Å². The molecule has 142 valence electrons. The summed E-state index contributed by atoms with van der Waals surface area (Å²) in [6, 6.07) is 0. The van der Waals surface area contributed by atoms with Gasteiger partial charge >= 0.3 is 0 Å². The summed E-state index contributed by atoms with van der Waals surface area (Å²) in [5.74, 6) is -1.08. The number of carbonyl (C=O) groups is 2. The Morgan fingerprint density at radius 2 is 1.69 bits per heavy atom. The van der Waals surface area contributed by atoms with Gasteiger partial charge in [0.15, 0.2) is 5.76 Å². The summed E-state index contributed by atoms with van der Waals surface area (Å²) in [7, 11) is 0. The lowest BCUT2D eigenvalue weighted by Crippen LogP contribution is -2.52. The van der Waals surface area contributed by atoms with Crippen LogP contribution in [-0.2, 0) is 9.59 Å². The van der Waals surface area contributed by atoms with E-state index in [1.165, 1.54) is 0 Å². The second-order valence-electron chi connectivity index (χ2n) is 9.26. The minimum absolute atomic E-state index is 0.00150. The van der Waals surface area contributed by atoms with Crippen LogP contribution in [0.5, 0.6) is 0 Å². The van der Waals surface area contributed by atoms with Crippen molar-refractivity contribution in [1.29, 1.82) is 0 Å². The molecule has 4 rings (SSSR count). The van der Waals surface area contributed by atoms with Crippen LogP contribution in [0.3, 0.4) is 0 Å². The first-order valence-electron chi connectivity index (χ1n) is 9.74. The number of aliphatic hydroxyl groups excluding tert-OH is 3. The molecule has 0 radical (unpaired) electrons. The van der Waals surface area contributed by atoms with Gasteiger partial charge in [-0.2, -0.15) is 0 Å². The van der Waals surface area contributed by atoms with E-state index in [1.807, 2.05) is 6.92 Å². The summed E-state index contributed by atoms with van der Waals surface area (Å²) in [6.45, 7) is 5.80. The molecule has 0 heterocycles. The third-order valence-electron chi connectivity index (χ3n) is 8.46. The number of hydrogen-bond acceptors (Lipinski definition) is 5. The van der Waals surface area contributed by atoms with Crippen molar-refractivity contribution in [2.75, 3.05) is 0 Å². The number of carbonyl (C=O) groups excluding carboxylic acids is 2. The van der Waals surface area contributed by atoms with Crippen molar-refractivity contribution in [3.05, 3.63) is 22.9 Å². The number of Topliss-reactive ketones (excluding diaryl/α,β-unsaturated/α-hetero) is 2. The molecule has 0 aromatic rings. The molecule has 4 aliphatic rings. The summed E-state index contributed by atoms with van der Waals surface area (Å²) in [5, 5.41) is 31.2. The highest BCUT2D eigenvalue weighted by molar-refractivity contribution is 6.07. The second kappa shape index (κ2) is 5.37. The molecule has 0 aliphatic heterocycles. The molecule has 0 aromatic heterocycles. The molecule has 3 N–H and O–H groups in total. The lowest BCUT2D eigenvalue weighted by atomic mass is 9.47. The quantitative estimate of drug-likeness (QED) is 0.653. The average molecular weight is 360 g/mol. The Morgan fingerprint density at radius 1 is 1.00 bits per heavy atom. The van der Waals surface area contributed by atoms with Gasteiger partial charge in [0.1, 0.15) is 11.5 Å². The predicted octanol–water partition coefficient (Wildman–Crippen LogP) is 4.16. The molecule has 5 nitrogen and oxygen atoms in total. The van der Waals surface area contributed by atoms with Gasteiger partial charge in [-0.1, -0.05) is 6.92 Å². The van der Waals surface area contributed by atoms with E-state index in [0.29, 0.717) is 23.8 Å². The van der Waals surface area contributed by atoms with E-state index in [0.717, 1.165) is 32.1 Å². The molecule has 0 aromatic carbocycles. The van der Waals surface area contributed by atoms with Gasteiger partial charge in [-0.3, -0.25) is 9.59 Å². The zero-order valence-electron chi connectivity index (χ0n) is 15.7. The summed E-state index contributed by atoms with van der Waals surface area (Å²) >= 11 is 0. The Hall–Kier alpha value is -1.78. The van der Waals surface area contributed by atoms with Crippen molar-refractivity contribution in [3.8, 4) is 0 Å². The van der Waals surface area contributed by atoms with Crippen LogP contribution in [-0.4, -0.2) is 26.9 Å². The Labute approximate surface area is 153 Å². The van der Waals surface area contributed by atoms with Gasteiger partial charge < -0.3 is 15.3 Å². The first kappa shape index (κ1) is 17.6. The molecule has 6 atom stereocenters. The maximum absolute atomic E-state index is 12.2. The highest BCUT2D eigenvalue weighted by atomic mass is 16.3. The fourth-order valence-electron chi connectivity index (χ4n) is 7.15. The van der Waals surface area contributed by atoms with E-state index in [1.54, 1.807) is 6.92 Å². The van der Waals surface area contributed by atoms with Gasteiger partial charge in [0, 0.05) is 5.92 Å². The predicted molar refractivity (Wildman–Crippen MR) is 95.5 cm³/mol. The lowest BCUT2D eigenvalue weighted by Gasteiger charge is -2.57. The Balaban J connectivity index is 1.77. The van der Waals surface area contributed by atoms with E-state index in [4.69, 9.17) is 0 Å². The summed E-state index contributed by atoms with van der Waals surface area (Å²) in [4.78, 5) is 24.2.